The van der Waals surface area contributed by atoms with E-state index in [2.05, 4.69) is 15.3 Å². The highest BCUT2D eigenvalue weighted by molar-refractivity contribution is 5.85. The summed E-state index contributed by atoms with van der Waals surface area (Å²) in [4.78, 5) is 18.4. The Kier molecular flexibility index (Phi) is 2.74. The van der Waals surface area contributed by atoms with Crippen LogP contribution in [0.2, 0.25) is 0 Å². The van der Waals surface area contributed by atoms with Gasteiger partial charge in [0.05, 0.1) is 6.61 Å². The third kappa shape index (κ3) is 2.27. The number of aromatic nitrogens is 2. The Morgan fingerprint density at radius 2 is 2.31 bits per heavy atom. The summed E-state index contributed by atoms with van der Waals surface area (Å²) in [6, 6.07) is 1.34. The van der Waals surface area contributed by atoms with Gasteiger partial charge in [0.2, 0.25) is 5.95 Å². The predicted octanol–water partition coefficient (Wildman–Crippen LogP) is 0.359. The summed E-state index contributed by atoms with van der Waals surface area (Å²) in [5, 5.41) is 20.8. The van der Waals surface area contributed by atoms with Gasteiger partial charge in [0.15, 0.2) is 5.69 Å². The van der Waals surface area contributed by atoms with Crippen LogP contribution in [0.25, 0.3) is 0 Å². The molecule has 86 valence electrons. The van der Waals surface area contributed by atoms with Crippen molar-refractivity contribution in [2.45, 2.75) is 12.8 Å². The second-order valence-corrected chi connectivity index (χ2v) is 4.08. The van der Waals surface area contributed by atoms with E-state index in [9.17, 15) is 4.79 Å². The molecule has 6 nitrogen and oxygen atoms in total. The van der Waals surface area contributed by atoms with E-state index in [1.165, 1.54) is 12.3 Å². The molecule has 1 aromatic rings. The van der Waals surface area contributed by atoms with Crippen molar-refractivity contribution in [3.63, 3.8) is 0 Å². The highest BCUT2D eigenvalue weighted by Gasteiger charge is 2.41. The van der Waals surface area contributed by atoms with Gasteiger partial charge in [-0.05, 0) is 18.9 Å². The molecule has 6 heteroatoms. The number of anilines is 1. The van der Waals surface area contributed by atoms with E-state index in [0.717, 1.165) is 12.8 Å². The molecule has 1 heterocycles. The third-order valence-electron chi connectivity index (χ3n) is 2.79. The van der Waals surface area contributed by atoms with Crippen molar-refractivity contribution in [1.29, 1.82) is 0 Å². The molecule has 16 heavy (non-hydrogen) atoms. The van der Waals surface area contributed by atoms with Crippen molar-refractivity contribution in [2.75, 3.05) is 18.5 Å². The normalized spacial score (nSPS) is 16.8. The molecule has 0 unspecified atom stereocenters. The molecule has 2 rings (SSSR count). The molecule has 1 aliphatic rings. The standard InChI is InChI=1S/C10H13N3O3/c14-6-10(2-3-10)5-12-9-11-4-1-7(13-9)8(15)16/h1,4,14H,2-3,5-6H2,(H,15,16)(H,11,12,13). The van der Waals surface area contributed by atoms with Crippen molar-refractivity contribution < 1.29 is 15.0 Å². The molecular weight excluding hydrogens is 210 g/mol. The van der Waals surface area contributed by atoms with Crippen molar-refractivity contribution in [1.82, 2.24) is 9.97 Å². The zero-order chi connectivity index (χ0) is 11.6. The zero-order valence-electron chi connectivity index (χ0n) is 8.68. The van der Waals surface area contributed by atoms with E-state index in [0.29, 0.717) is 12.5 Å². The lowest BCUT2D eigenvalue weighted by molar-refractivity contribution is 0.0690. The van der Waals surface area contributed by atoms with Gasteiger partial charge in [-0.1, -0.05) is 0 Å². The van der Waals surface area contributed by atoms with Gasteiger partial charge in [-0.15, -0.1) is 0 Å². The predicted molar refractivity (Wildman–Crippen MR) is 56.2 cm³/mol. The van der Waals surface area contributed by atoms with Crippen LogP contribution in [-0.2, 0) is 0 Å². The smallest absolute Gasteiger partial charge is 0.354 e. The highest BCUT2D eigenvalue weighted by Crippen LogP contribution is 2.44. The second kappa shape index (κ2) is 4.05. The number of nitrogens with one attached hydrogen (secondary N) is 1. The molecule has 0 bridgehead atoms. The third-order valence-corrected chi connectivity index (χ3v) is 2.79. The molecule has 0 aromatic carbocycles. The van der Waals surface area contributed by atoms with Crippen LogP contribution in [0.15, 0.2) is 12.3 Å². The fourth-order valence-corrected chi connectivity index (χ4v) is 1.40. The van der Waals surface area contributed by atoms with Gasteiger partial charge in [0, 0.05) is 18.2 Å². The van der Waals surface area contributed by atoms with Gasteiger partial charge >= 0.3 is 5.97 Å². The maximum atomic E-state index is 10.7. The Balaban J connectivity index is 1.99. The number of aromatic carboxylic acids is 1. The minimum absolute atomic E-state index is 0.0358. The van der Waals surface area contributed by atoms with Crippen LogP contribution in [0, 0.1) is 5.41 Å². The van der Waals surface area contributed by atoms with E-state index in [1.54, 1.807) is 0 Å². The van der Waals surface area contributed by atoms with Crippen molar-refractivity contribution >= 4 is 11.9 Å². The monoisotopic (exact) mass is 223 g/mol. The number of carboxylic acid groups (broad SMARTS) is 1. The maximum absolute atomic E-state index is 10.7. The van der Waals surface area contributed by atoms with Gasteiger partial charge in [-0.25, -0.2) is 14.8 Å². The van der Waals surface area contributed by atoms with Crippen molar-refractivity contribution in [2.24, 2.45) is 5.41 Å². The average Bonchev–Trinajstić information content (AvgIpc) is 3.07. The van der Waals surface area contributed by atoms with Crippen LogP contribution in [0.5, 0.6) is 0 Å². The molecule has 0 aliphatic heterocycles. The number of rotatable bonds is 5. The summed E-state index contributed by atoms with van der Waals surface area (Å²) in [6.45, 7) is 0.713. The van der Waals surface area contributed by atoms with E-state index >= 15 is 0 Å². The Morgan fingerprint density at radius 3 is 2.88 bits per heavy atom. The molecule has 1 fully saturated rings. The fourth-order valence-electron chi connectivity index (χ4n) is 1.40. The van der Waals surface area contributed by atoms with Gasteiger partial charge in [-0.3, -0.25) is 0 Å². The minimum Gasteiger partial charge on any atom is -0.477 e. The van der Waals surface area contributed by atoms with Crippen molar-refractivity contribution in [3.05, 3.63) is 18.0 Å². The molecule has 0 spiro atoms. The quantitative estimate of drug-likeness (QED) is 0.667. The minimum atomic E-state index is -1.08. The number of aliphatic hydroxyl groups excluding tert-OH is 1. The maximum Gasteiger partial charge on any atom is 0.354 e. The van der Waals surface area contributed by atoms with Gasteiger partial charge in [-0.2, -0.15) is 0 Å². The molecule has 0 atom stereocenters. The molecule has 3 N–H and O–H groups in total. The SMILES string of the molecule is O=C(O)c1ccnc(NCC2(CO)CC2)n1. The van der Waals surface area contributed by atoms with E-state index < -0.39 is 5.97 Å². The van der Waals surface area contributed by atoms with Gasteiger partial charge in [0.1, 0.15) is 0 Å². The fraction of sp³-hybridized carbons (Fsp3) is 0.500. The van der Waals surface area contributed by atoms with Crippen LogP contribution in [0.3, 0.4) is 0 Å². The Bertz CT molecular complexity index is 404. The first-order valence-electron chi connectivity index (χ1n) is 5.06. The van der Waals surface area contributed by atoms with Crippen LogP contribution >= 0.6 is 0 Å². The molecule has 0 saturated heterocycles. The van der Waals surface area contributed by atoms with E-state index in [1.807, 2.05) is 0 Å². The topological polar surface area (TPSA) is 95.3 Å². The lowest BCUT2D eigenvalue weighted by atomic mass is 10.1. The molecule has 1 aromatic heterocycles. The molecule has 1 aliphatic carbocycles. The summed E-state index contributed by atoms with van der Waals surface area (Å²) in [6.07, 6.45) is 3.36. The molecule has 0 amide bonds. The average molecular weight is 223 g/mol. The summed E-state index contributed by atoms with van der Waals surface area (Å²) >= 11 is 0. The summed E-state index contributed by atoms with van der Waals surface area (Å²) in [7, 11) is 0. The number of aliphatic hydroxyl groups is 1. The lowest BCUT2D eigenvalue weighted by Gasteiger charge is -2.12. The van der Waals surface area contributed by atoms with Gasteiger partial charge in [0.25, 0.3) is 0 Å². The molecule has 0 radical (unpaired) electrons. The van der Waals surface area contributed by atoms with E-state index in [4.69, 9.17) is 10.2 Å². The van der Waals surface area contributed by atoms with Crippen molar-refractivity contribution in [3.8, 4) is 0 Å². The van der Waals surface area contributed by atoms with Crippen LogP contribution in [-0.4, -0.2) is 39.3 Å². The zero-order valence-corrected chi connectivity index (χ0v) is 8.68. The molecule has 1 saturated carbocycles. The highest BCUT2D eigenvalue weighted by atomic mass is 16.4. The largest absolute Gasteiger partial charge is 0.477 e. The second-order valence-electron chi connectivity index (χ2n) is 4.08. The van der Waals surface area contributed by atoms with Gasteiger partial charge < -0.3 is 15.5 Å². The first kappa shape index (κ1) is 10.8. The Hall–Kier alpha value is -1.69. The summed E-state index contributed by atoms with van der Waals surface area (Å²) in [5.41, 5.74) is -0.0888. The molecular formula is C10H13N3O3. The Morgan fingerprint density at radius 1 is 1.56 bits per heavy atom. The first-order valence-corrected chi connectivity index (χ1v) is 5.06. The number of hydrogen-bond donors (Lipinski definition) is 3. The van der Waals surface area contributed by atoms with E-state index in [-0.39, 0.29) is 17.7 Å². The number of carbonyl (C=O) groups is 1. The van der Waals surface area contributed by atoms with Crippen LogP contribution < -0.4 is 5.32 Å². The Labute approximate surface area is 92.4 Å². The number of nitrogens with zero attached hydrogens (tertiary/aromatic N) is 2. The van der Waals surface area contributed by atoms with Crippen LogP contribution in [0.4, 0.5) is 5.95 Å². The number of carboxylic acids is 1. The summed E-state index contributed by atoms with van der Waals surface area (Å²) < 4.78 is 0. The summed E-state index contributed by atoms with van der Waals surface area (Å²) in [5.74, 6) is -0.784. The first-order chi connectivity index (χ1) is 7.65. The van der Waals surface area contributed by atoms with Crippen LogP contribution in [0.1, 0.15) is 23.3 Å². The lowest BCUT2D eigenvalue weighted by Crippen LogP contribution is -2.20. The number of hydrogen-bond acceptors (Lipinski definition) is 5.